The summed E-state index contributed by atoms with van der Waals surface area (Å²) < 4.78 is 0. The second kappa shape index (κ2) is 19.2. The minimum atomic E-state index is 0.992. The third-order valence-electron chi connectivity index (χ3n) is 11.6. The molecule has 0 atom stereocenters. The quantitative estimate of drug-likeness (QED) is 0.105. The third-order valence-corrected chi connectivity index (χ3v) is 11.6. The first-order valence-electron chi connectivity index (χ1n) is 21.5. The first-order chi connectivity index (χ1) is 30.0. The Morgan fingerprint density at radius 3 is 1.95 bits per heavy atom. The minimum Gasteiger partial charge on any atom is -0.310 e. The Morgan fingerprint density at radius 1 is 0.590 bits per heavy atom. The highest BCUT2D eigenvalue weighted by Crippen LogP contribution is 2.42. The first-order valence-corrected chi connectivity index (χ1v) is 21.5. The van der Waals surface area contributed by atoms with E-state index in [0.717, 1.165) is 53.9 Å². The Balaban J connectivity index is 1.21. The summed E-state index contributed by atoms with van der Waals surface area (Å²) in [6, 6.07) is 47.7. The van der Waals surface area contributed by atoms with Gasteiger partial charge in [0.2, 0.25) is 0 Å². The molecule has 2 aliphatic carbocycles. The Bertz CT molecular complexity index is 2760. The van der Waals surface area contributed by atoms with E-state index in [1.807, 2.05) is 30.4 Å². The molecule has 0 spiro atoms. The molecule has 1 nitrogen and oxygen atoms in total. The van der Waals surface area contributed by atoms with Crippen LogP contribution in [0.1, 0.15) is 59.6 Å². The summed E-state index contributed by atoms with van der Waals surface area (Å²) >= 11 is 0. The maximum absolute atomic E-state index is 3.96. The average molecular weight is 788 g/mol. The van der Waals surface area contributed by atoms with Crippen LogP contribution in [0.25, 0.3) is 56.7 Å². The molecule has 0 bridgehead atoms. The van der Waals surface area contributed by atoms with Gasteiger partial charge in [0, 0.05) is 17.1 Å². The van der Waals surface area contributed by atoms with Crippen LogP contribution in [-0.2, 0) is 6.42 Å². The lowest BCUT2D eigenvalue weighted by molar-refractivity contribution is 0.986. The number of hydrogen-bond donors (Lipinski definition) is 0. The van der Waals surface area contributed by atoms with E-state index >= 15 is 0 Å². The van der Waals surface area contributed by atoms with Crippen molar-refractivity contribution in [1.82, 2.24) is 0 Å². The Hall–Kier alpha value is -7.22. The summed E-state index contributed by atoms with van der Waals surface area (Å²) in [6.45, 7) is 12.0. The molecule has 0 heterocycles. The zero-order valence-corrected chi connectivity index (χ0v) is 35.4. The van der Waals surface area contributed by atoms with Crippen molar-refractivity contribution in [3.63, 3.8) is 0 Å². The van der Waals surface area contributed by atoms with Gasteiger partial charge in [-0.05, 0) is 160 Å². The highest BCUT2D eigenvalue weighted by Gasteiger charge is 2.19. The summed E-state index contributed by atoms with van der Waals surface area (Å²) in [5.41, 5.74) is 20.8. The van der Waals surface area contributed by atoms with Gasteiger partial charge < -0.3 is 4.90 Å². The van der Waals surface area contributed by atoms with Gasteiger partial charge in [-0.25, -0.2) is 0 Å². The van der Waals surface area contributed by atoms with Crippen LogP contribution in [0.4, 0.5) is 17.1 Å². The summed E-state index contributed by atoms with van der Waals surface area (Å²) in [7, 11) is 0. The van der Waals surface area contributed by atoms with Crippen molar-refractivity contribution in [2.75, 3.05) is 4.90 Å². The molecule has 0 amide bonds. The van der Waals surface area contributed by atoms with E-state index in [-0.39, 0.29) is 0 Å². The van der Waals surface area contributed by atoms with Gasteiger partial charge in [-0.15, -0.1) is 0 Å². The molecule has 8 rings (SSSR count). The number of fused-ring (bicyclic) bond motifs is 1. The van der Waals surface area contributed by atoms with Crippen molar-refractivity contribution in [1.29, 1.82) is 0 Å². The molecular formula is C60H53N. The Kier molecular flexibility index (Phi) is 12.8. The summed E-state index contributed by atoms with van der Waals surface area (Å²) in [5, 5.41) is 0. The van der Waals surface area contributed by atoms with Crippen molar-refractivity contribution in [3.8, 4) is 33.4 Å². The number of hydrogen-bond acceptors (Lipinski definition) is 1. The second-order valence-electron chi connectivity index (χ2n) is 15.7. The number of benzene rings is 6. The van der Waals surface area contributed by atoms with Crippen molar-refractivity contribution >= 4 is 40.4 Å². The van der Waals surface area contributed by atoms with Crippen LogP contribution in [0, 0.1) is 6.92 Å². The number of allylic oxidation sites excluding steroid dienone is 14. The van der Waals surface area contributed by atoms with Crippen molar-refractivity contribution in [2.24, 2.45) is 0 Å². The van der Waals surface area contributed by atoms with E-state index in [1.165, 1.54) is 66.8 Å². The number of rotatable bonds is 13. The van der Waals surface area contributed by atoms with Crippen molar-refractivity contribution in [2.45, 2.75) is 39.5 Å². The van der Waals surface area contributed by atoms with Crippen LogP contribution in [0.5, 0.6) is 0 Å². The molecule has 2 aliphatic rings. The van der Waals surface area contributed by atoms with E-state index in [2.05, 4.69) is 208 Å². The molecule has 0 aliphatic heterocycles. The molecule has 0 saturated heterocycles. The fraction of sp³-hybridized carbons (Fsp3) is 0.100. The van der Waals surface area contributed by atoms with Gasteiger partial charge in [0.05, 0.1) is 0 Å². The molecule has 0 aromatic heterocycles. The molecule has 0 saturated carbocycles. The third kappa shape index (κ3) is 9.33. The maximum Gasteiger partial charge on any atom is 0.0468 e. The predicted octanol–water partition coefficient (Wildman–Crippen LogP) is 17.1. The monoisotopic (exact) mass is 787 g/mol. The van der Waals surface area contributed by atoms with Gasteiger partial charge in [-0.1, -0.05) is 183 Å². The average Bonchev–Trinajstić information content (AvgIpc) is 3.31. The highest BCUT2D eigenvalue weighted by atomic mass is 15.1. The van der Waals surface area contributed by atoms with Crippen LogP contribution < -0.4 is 4.90 Å². The maximum atomic E-state index is 3.96. The van der Waals surface area contributed by atoms with Crippen LogP contribution in [-0.4, -0.2) is 0 Å². The van der Waals surface area contributed by atoms with E-state index in [9.17, 15) is 0 Å². The predicted molar refractivity (Wildman–Crippen MR) is 267 cm³/mol. The molecule has 0 fully saturated rings. The Morgan fingerprint density at radius 2 is 1.26 bits per heavy atom. The highest BCUT2D eigenvalue weighted by molar-refractivity contribution is 5.89. The zero-order valence-electron chi connectivity index (χ0n) is 35.4. The molecule has 0 radical (unpaired) electrons. The van der Waals surface area contributed by atoms with Crippen molar-refractivity contribution < 1.29 is 0 Å². The van der Waals surface area contributed by atoms with Crippen LogP contribution in [0.3, 0.4) is 0 Å². The smallest absolute Gasteiger partial charge is 0.0468 e. The van der Waals surface area contributed by atoms with E-state index < -0.39 is 0 Å². The molecule has 0 N–H and O–H groups in total. The lowest BCUT2D eigenvalue weighted by Crippen LogP contribution is -2.10. The molecule has 298 valence electrons. The van der Waals surface area contributed by atoms with Gasteiger partial charge in [0.1, 0.15) is 0 Å². The lowest BCUT2D eigenvalue weighted by atomic mass is 9.89. The number of anilines is 3. The van der Waals surface area contributed by atoms with Crippen molar-refractivity contribution in [3.05, 3.63) is 247 Å². The van der Waals surface area contributed by atoms with E-state index in [0.29, 0.717) is 0 Å². The summed E-state index contributed by atoms with van der Waals surface area (Å²) in [5.74, 6) is 0. The first kappa shape index (κ1) is 40.6. The molecular weight excluding hydrogens is 735 g/mol. The van der Waals surface area contributed by atoms with Gasteiger partial charge in [-0.3, -0.25) is 0 Å². The minimum absolute atomic E-state index is 0.992. The fourth-order valence-electron chi connectivity index (χ4n) is 8.38. The summed E-state index contributed by atoms with van der Waals surface area (Å²) in [4.78, 5) is 2.40. The lowest BCUT2D eigenvalue weighted by Gasteiger charge is -2.28. The Labute approximate surface area is 363 Å². The normalized spacial score (nSPS) is 13.8. The second-order valence-corrected chi connectivity index (χ2v) is 15.7. The van der Waals surface area contributed by atoms with Gasteiger partial charge >= 0.3 is 0 Å². The molecule has 1 heteroatoms. The van der Waals surface area contributed by atoms with Crippen LogP contribution >= 0.6 is 0 Å². The van der Waals surface area contributed by atoms with Crippen LogP contribution in [0.15, 0.2) is 213 Å². The number of aryl methyl sites for hydroxylation is 2. The summed E-state index contributed by atoms with van der Waals surface area (Å²) in [6.07, 6.45) is 33.5. The van der Waals surface area contributed by atoms with Gasteiger partial charge in [-0.2, -0.15) is 0 Å². The molecule has 61 heavy (non-hydrogen) atoms. The molecule has 0 unspecified atom stereocenters. The standard InChI is InChI=1S/C60H53N/c1-5-8-9-11-18-45(16-6-2)47-25-28-51(29-26-47)59-40-39-58(43-60(59)50-20-12-10-13-21-50)61(56-35-31-48(32-36-56)54-24-23-44(4)52(41-54)17-7-3)57-37-33-49(34-38-57)55-30-27-46-19-14-15-22-53(46)42-55/h5-12,14,16-20,23-43H,1-2,13,15,21-22H2,3-4H3/b9-8-,17-7-,18-11+,45-16+. The fourth-order valence-corrected chi connectivity index (χ4v) is 8.38. The topological polar surface area (TPSA) is 3.24 Å². The zero-order chi connectivity index (χ0) is 42.0. The van der Waals surface area contributed by atoms with E-state index in [1.54, 1.807) is 6.08 Å². The molecule has 6 aromatic carbocycles. The SMILES string of the molecule is C=C\C=C/C=C/C(=C\C=C)c1ccc(-c2ccc(N(c3ccc(-c4ccc(C)c(/C=C\C)c4)cc3)c3ccc(-c4ccc5c(c4)CCC=C5)cc3)cc2C2=CC=CCC2)cc1. The van der Waals surface area contributed by atoms with Gasteiger partial charge in [0.25, 0.3) is 0 Å². The molecule has 6 aromatic rings. The van der Waals surface area contributed by atoms with Crippen LogP contribution in [0.2, 0.25) is 0 Å². The van der Waals surface area contributed by atoms with E-state index in [4.69, 9.17) is 0 Å². The van der Waals surface area contributed by atoms with Gasteiger partial charge in [0.15, 0.2) is 0 Å². The number of nitrogens with zero attached hydrogens (tertiary/aromatic N) is 1. The largest absolute Gasteiger partial charge is 0.310 e.